The van der Waals surface area contributed by atoms with Crippen LogP contribution in [0.1, 0.15) is 121 Å². The summed E-state index contributed by atoms with van der Waals surface area (Å²) in [6, 6.07) is 25.7. The van der Waals surface area contributed by atoms with Gasteiger partial charge in [0.1, 0.15) is 87.2 Å². The number of hydrogen-bond acceptors (Lipinski definition) is 17. The Hall–Kier alpha value is -10.5. The van der Waals surface area contributed by atoms with Gasteiger partial charge in [-0.15, -0.1) is 0 Å². The number of fused-ring (bicyclic) bond motifs is 5. The molecule has 7 heterocycles. The lowest BCUT2D eigenvalue weighted by Gasteiger charge is -2.23. The zero-order valence-electron chi connectivity index (χ0n) is 55.8. The Morgan fingerprint density at radius 1 is 0.475 bits per heavy atom. The number of anilines is 5. The van der Waals surface area contributed by atoms with E-state index in [4.69, 9.17) is 24.9 Å². The second kappa shape index (κ2) is 27.9. The summed E-state index contributed by atoms with van der Waals surface area (Å²) >= 11 is 0. The molecule has 5 saturated heterocycles. The smallest absolute Gasteiger partial charge is 0.358 e. The number of aliphatic hydroxyl groups is 1. The molecule has 7 aromatic rings. The van der Waals surface area contributed by atoms with Gasteiger partial charge in [0, 0.05) is 106 Å². The molecule has 17 rings (SSSR count). The maximum atomic E-state index is 15.0. The van der Waals surface area contributed by atoms with Crippen molar-refractivity contribution in [2.75, 3.05) is 96.6 Å². The average Bonchev–Trinajstić information content (AvgIpc) is 1.64. The zero-order valence-corrected chi connectivity index (χ0v) is 55.8. The van der Waals surface area contributed by atoms with E-state index in [9.17, 15) is 43.8 Å². The summed E-state index contributed by atoms with van der Waals surface area (Å²) in [6.45, 7) is 12.5. The Labute approximate surface area is 580 Å². The Morgan fingerprint density at radius 3 is 1.10 bits per heavy atom. The second-order valence-electron chi connectivity index (χ2n) is 28.5. The highest BCUT2D eigenvalue weighted by Crippen LogP contribution is 2.51. The quantitative estimate of drug-likeness (QED) is 0.0634. The van der Waals surface area contributed by atoms with Crippen LogP contribution in [0.15, 0.2) is 79.6 Å². The highest BCUT2D eigenvalue weighted by Gasteiger charge is 2.49. The molecule has 101 heavy (non-hydrogen) atoms. The summed E-state index contributed by atoms with van der Waals surface area (Å²) in [6.07, 6.45) is 11.9. The lowest BCUT2D eigenvalue weighted by molar-refractivity contribution is 0.0519. The number of carboxylic acids is 1. The van der Waals surface area contributed by atoms with Crippen molar-refractivity contribution < 1.29 is 51.2 Å². The van der Waals surface area contributed by atoms with Crippen molar-refractivity contribution in [3.8, 4) is 30.3 Å². The molecule has 5 aromatic carbocycles. The van der Waals surface area contributed by atoms with Crippen LogP contribution >= 0.6 is 0 Å². The first-order valence-corrected chi connectivity index (χ1v) is 34.3. The first-order valence-electron chi connectivity index (χ1n) is 34.3. The number of carboxylic acid groups (broad SMARTS) is 1. The number of carbonyl (C=O) groups excluding carboxylic acids is 1. The third kappa shape index (κ3) is 13.8. The van der Waals surface area contributed by atoms with E-state index < -0.39 is 41.0 Å². The van der Waals surface area contributed by atoms with E-state index >= 15 is 8.78 Å². The molecule has 2 N–H and O–H groups in total. The minimum atomic E-state index is -1.13. The van der Waals surface area contributed by atoms with Gasteiger partial charge in [-0.3, -0.25) is 0 Å². The van der Waals surface area contributed by atoms with Crippen molar-refractivity contribution in [2.45, 2.75) is 78.9 Å². The van der Waals surface area contributed by atoms with Crippen molar-refractivity contribution >= 4 is 40.4 Å². The van der Waals surface area contributed by atoms with E-state index in [2.05, 4.69) is 34.5 Å². The number of rotatable bonds is 17. The van der Waals surface area contributed by atoms with Gasteiger partial charge in [0.2, 0.25) is 0 Å². The number of aryl methyl sites for hydroxylation is 1. The van der Waals surface area contributed by atoms with E-state index in [-0.39, 0.29) is 95.4 Å². The molecule has 518 valence electrons. The monoisotopic (exact) mass is 1370 g/mol. The molecule has 10 aliphatic rings. The van der Waals surface area contributed by atoms with Gasteiger partial charge in [0.05, 0.1) is 80.6 Å². The number of nitriles is 5. The number of benzene rings is 5. The summed E-state index contributed by atoms with van der Waals surface area (Å²) in [5.41, 5.74) is 5.95. The van der Waals surface area contributed by atoms with Gasteiger partial charge in [0.15, 0.2) is 11.4 Å². The predicted molar refractivity (Wildman–Crippen MR) is 359 cm³/mol. The Balaban J connectivity index is 0.000000117. The Bertz CT molecular complexity index is 4530. The van der Waals surface area contributed by atoms with Crippen molar-refractivity contribution in [2.24, 2.45) is 59.2 Å². The number of esters is 1. The van der Waals surface area contributed by atoms with Crippen molar-refractivity contribution in [3.63, 3.8) is 0 Å². The first kappa shape index (κ1) is 67.7. The van der Waals surface area contributed by atoms with Crippen molar-refractivity contribution in [1.29, 1.82) is 26.3 Å². The number of aliphatic hydroxyl groups excluding tert-OH is 1. The van der Waals surface area contributed by atoms with E-state index in [1.54, 1.807) is 60.9 Å². The fourth-order valence-electron chi connectivity index (χ4n) is 15.7. The zero-order chi connectivity index (χ0) is 70.7. The van der Waals surface area contributed by atoms with Crippen LogP contribution in [-0.4, -0.2) is 113 Å². The lowest BCUT2D eigenvalue weighted by Crippen LogP contribution is -2.23. The molecule has 25 heteroatoms. The van der Waals surface area contributed by atoms with Crippen molar-refractivity contribution in [3.05, 3.63) is 181 Å². The molecule has 5 aliphatic heterocycles. The van der Waals surface area contributed by atoms with Gasteiger partial charge in [-0.05, 0) is 141 Å². The van der Waals surface area contributed by atoms with Crippen LogP contribution in [0.25, 0.3) is 0 Å². The van der Waals surface area contributed by atoms with E-state index in [0.717, 1.165) is 77.3 Å². The SMILES string of the molecule is CCOC(=O)c1cn(Cc2ccc(N3CC4CC4C3)c(C#N)c2F)cn1.Cc1cc(N2CC3CC3C2)c(C#N)c(F)c1CO.N#Cc1c(N2CC3CC3C2)ccc(COCc2ccc(N3CC4CC4C3)c(C#N)c2F)c1F.N#Cc1c(N2CC3CC3C2)ccc(Cn2cnc(C(=O)O)c2)c1F. The summed E-state index contributed by atoms with van der Waals surface area (Å²) in [7, 11) is 0. The number of ether oxygens (including phenoxy) is 2. The largest absolute Gasteiger partial charge is 0.476 e. The molecule has 2 aromatic heterocycles. The van der Waals surface area contributed by atoms with E-state index in [1.807, 2.05) is 42.5 Å². The van der Waals surface area contributed by atoms with Gasteiger partial charge >= 0.3 is 11.9 Å². The predicted octanol–water partition coefficient (Wildman–Crippen LogP) is 11.0. The molecule has 0 bridgehead atoms. The molecule has 20 nitrogen and oxygen atoms in total. The summed E-state index contributed by atoms with van der Waals surface area (Å²) < 4.78 is 87.5. The molecule has 10 atom stereocenters. The number of imidazole rings is 2. The number of piperidine rings is 5. The number of halogens is 5. The highest BCUT2D eigenvalue weighted by molar-refractivity contribution is 5.87. The topological polar surface area (TPSA) is 264 Å². The van der Waals surface area contributed by atoms with Crippen LogP contribution in [0.3, 0.4) is 0 Å². The third-order valence-corrected chi connectivity index (χ3v) is 21.9. The number of hydrogen-bond donors (Lipinski definition) is 2. The standard InChI is InChI=1S/C26H24F2N4O.C19H19FN4O2.C17H15FN4O2.C14H15FN2O/c27-25-15(1-3-23(21(25)7-29)31-9-17-5-18(17)10-31)13-33-14-16-2-4-24(22(8-30)26(16)28)32-11-19-6-20(19)12-32;1-2-26-19(25)16-10-23(11-22-16)7-12-3-4-17(15(6-21)18(12)20)24-8-13-5-14(13)9-24;18-16-10(5-21-8-14(17(23)24)20-9-21)1-2-15(13(16)4-19)22-6-11-3-12(11)7-22;1-8-2-13(17-5-9-3-10(9)6-17)11(4-16)14(15)12(8)7-18/h1-4,17-20H,5-6,9-14H2;3-4,10-11,13-14H,2,5,7-9H2,1H3;1-2,8-9,11-12H,3,5-7H2,(H,23,24);2,9-10,18H,3,5-7H2,1H3. The number of aromatic carboxylic acids is 1. The summed E-state index contributed by atoms with van der Waals surface area (Å²) in [5, 5.41) is 65.2. The first-order chi connectivity index (χ1) is 48.9. The van der Waals surface area contributed by atoms with Gasteiger partial charge in [-0.25, -0.2) is 41.5 Å². The van der Waals surface area contributed by atoms with Crippen LogP contribution in [0.5, 0.6) is 0 Å². The molecule has 5 saturated carbocycles. The molecular weight excluding hydrogens is 1300 g/mol. The van der Waals surface area contributed by atoms with Crippen LogP contribution < -0.4 is 24.5 Å². The van der Waals surface area contributed by atoms with E-state index in [1.165, 1.54) is 61.7 Å². The number of carbonyl (C=O) groups is 2. The van der Waals surface area contributed by atoms with Gasteiger partial charge in [0.25, 0.3) is 0 Å². The fourth-order valence-corrected chi connectivity index (χ4v) is 15.7. The van der Waals surface area contributed by atoms with Crippen LogP contribution in [0.2, 0.25) is 0 Å². The van der Waals surface area contributed by atoms with Crippen molar-refractivity contribution in [1.82, 2.24) is 19.1 Å². The van der Waals surface area contributed by atoms with E-state index in [0.29, 0.717) is 92.5 Å². The third-order valence-electron chi connectivity index (χ3n) is 21.9. The van der Waals surface area contributed by atoms with Gasteiger partial charge < -0.3 is 53.3 Å². The second-order valence-corrected chi connectivity index (χ2v) is 28.5. The maximum Gasteiger partial charge on any atom is 0.358 e. The summed E-state index contributed by atoms with van der Waals surface area (Å²) in [4.78, 5) is 40.8. The van der Waals surface area contributed by atoms with Crippen LogP contribution in [-0.2, 0) is 42.4 Å². The molecule has 0 radical (unpaired) electrons. The number of nitrogens with zero attached hydrogens (tertiary/aromatic N) is 14. The molecular formula is C76H73F5N14O6. The fraction of sp³-hybridized carbons (Fsp3) is 0.434. The molecule has 10 unspecified atom stereocenters. The Morgan fingerprint density at radius 2 is 0.782 bits per heavy atom. The minimum Gasteiger partial charge on any atom is -0.476 e. The van der Waals surface area contributed by atoms with Gasteiger partial charge in [-0.2, -0.15) is 26.3 Å². The average molecular weight is 1370 g/mol. The maximum absolute atomic E-state index is 15.0. The molecule has 10 fully saturated rings. The van der Waals surface area contributed by atoms with Crippen LogP contribution in [0.4, 0.5) is 50.4 Å². The normalized spacial score (nSPS) is 23.5. The van der Waals surface area contributed by atoms with Crippen LogP contribution in [0, 0.1) is 152 Å². The van der Waals surface area contributed by atoms with Gasteiger partial charge in [-0.1, -0.05) is 24.3 Å². The molecule has 0 amide bonds. The molecule has 5 aliphatic carbocycles. The highest BCUT2D eigenvalue weighted by atomic mass is 19.1. The molecule has 0 spiro atoms. The lowest BCUT2D eigenvalue weighted by atomic mass is 10.0. The summed E-state index contributed by atoms with van der Waals surface area (Å²) in [5.74, 6) is 2.60. The Kier molecular flexibility index (Phi) is 18.7. The number of aromatic nitrogens is 4. The minimum absolute atomic E-state index is 0.0448.